The highest BCUT2D eigenvalue weighted by Crippen LogP contribution is 2.09. The maximum absolute atomic E-state index is 11.5. The molecule has 0 amide bonds. The second-order valence-corrected chi connectivity index (χ2v) is 4.14. The molecule has 102 valence electrons. The standard InChI is InChI=1S/C14H19N3O2/c1-3-8-17(11-14(18)19-4-2)10-12-6-5-7-16-13(12)9-15/h5-7H,3-4,8,10-11H2,1-2H3. The Morgan fingerprint density at radius 1 is 1.53 bits per heavy atom. The number of pyridine rings is 1. The van der Waals surface area contributed by atoms with Crippen molar-refractivity contribution in [2.24, 2.45) is 0 Å². The molecule has 0 bridgehead atoms. The Balaban J connectivity index is 2.72. The second kappa shape index (κ2) is 8.22. The zero-order valence-electron chi connectivity index (χ0n) is 11.4. The number of nitriles is 1. The molecule has 0 aliphatic rings. The number of hydrogen-bond donors (Lipinski definition) is 0. The number of hydrogen-bond acceptors (Lipinski definition) is 5. The number of esters is 1. The molecule has 0 unspecified atom stereocenters. The van der Waals surface area contributed by atoms with E-state index >= 15 is 0 Å². The zero-order valence-corrected chi connectivity index (χ0v) is 11.4. The van der Waals surface area contributed by atoms with Crippen molar-refractivity contribution < 1.29 is 9.53 Å². The Kier molecular flexibility index (Phi) is 6.55. The van der Waals surface area contributed by atoms with Crippen LogP contribution in [0.25, 0.3) is 0 Å². The fraction of sp³-hybridized carbons (Fsp3) is 0.500. The zero-order chi connectivity index (χ0) is 14.1. The Bertz CT molecular complexity index is 454. The van der Waals surface area contributed by atoms with Crippen molar-refractivity contribution in [3.8, 4) is 6.07 Å². The van der Waals surface area contributed by atoms with Crippen LogP contribution in [0, 0.1) is 11.3 Å². The second-order valence-electron chi connectivity index (χ2n) is 4.14. The third-order valence-electron chi connectivity index (χ3n) is 2.59. The molecule has 1 aromatic heterocycles. The fourth-order valence-electron chi connectivity index (χ4n) is 1.83. The van der Waals surface area contributed by atoms with Crippen molar-refractivity contribution in [2.75, 3.05) is 19.7 Å². The van der Waals surface area contributed by atoms with Gasteiger partial charge in [-0.15, -0.1) is 0 Å². The molecule has 0 radical (unpaired) electrons. The van der Waals surface area contributed by atoms with Gasteiger partial charge in [0.2, 0.25) is 0 Å². The molecule has 0 aliphatic heterocycles. The Morgan fingerprint density at radius 2 is 2.32 bits per heavy atom. The number of carbonyl (C=O) groups is 1. The Labute approximate surface area is 113 Å². The van der Waals surface area contributed by atoms with Crippen molar-refractivity contribution in [2.45, 2.75) is 26.8 Å². The SMILES string of the molecule is CCCN(CC(=O)OCC)Cc1cccnc1C#N. The lowest BCUT2D eigenvalue weighted by Gasteiger charge is -2.20. The highest BCUT2D eigenvalue weighted by atomic mass is 16.5. The van der Waals surface area contributed by atoms with Crippen molar-refractivity contribution in [3.63, 3.8) is 0 Å². The minimum Gasteiger partial charge on any atom is -0.465 e. The van der Waals surface area contributed by atoms with E-state index in [1.807, 2.05) is 17.9 Å². The van der Waals surface area contributed by atoms with E-state index < -0.39 is 0 Å². The van der Waals surface area contributed by atoms with Gasteiger partial charge in [-0.25, -0.2) is 4.98 Å². The highest BCUT2D eigenvalue weighted by Gasteiger charge is 2.13. The number of carbonyl (C=O) groups excluding carboxylic acids is 1. The lowest BCUT2D eigenvalue weighted by atomic mass is 10.2. The normalized spacial score (nSPS) is 10.2. The van der Waals surface area contributed by atoms with Gasteiger partial charge in [-0.3, -0.25) is 9.69 Å². The van der Waals surface area contributed by atoms with Crippen molar-refractivity contribution in [1.82, 2.24) is 9.88 Å². The van der Waals surface area contributed by atoms with Gasteiger partial charge >= 0.3 is 5.97 Å². The lowest BCUT2D eigenvalue weighted by molar-refractivity contribution is -0.144. The Morgan fingerprint density at radius 3 is 2.95 bits per heavy atom. The van der Waals surface area contributed by atoms with Crippen LogP contribution in [0.15, 0.2) is 18.3 Å². The van der Waals surface area contributed by atoms with Crippen LogP contribution in [-0.4, -0.2) is 35.5 Å². The van der Waals surface area contributed by atoms with E-state index in [4.69, 9.17) is 10.00 Å². The average Bonchev–Trinajstić information content (AvgIpc) is 2.40. The molecule has 1 rings (SSSR count). The van der Waals surface area contributed by atoms with Gasteiger partial charge in [0.05, 0.1) is 13.2 Å². The molecule has 1 heterocycles. The van der Waals surface area contributed by atoms with Crippen molar-refractivity contribution in [3.05, 3.63) is 29.6 Å². The monoisotopic (exact) mass is 261 g/mol. The van der Waals surface area contributed by atoms with Crippen LogP contribution in [0.2, 0.25) is 0 Å². The molecule has 0 fully saturated rings. The van der Waals surface area contributed by atoms with E-state index in [1.54, 1.807) is 19.2 Å². The summed E-state index contributed by atoms with van der Waals surface area (Å²) in [5, 5.41) is 9.00. The van der Waals surface area contributed by atoms with Crippen molar-refractivity contribution in [1.29, 1.82) is 5.26 Å². The number of nitrogens with zero attached hydrogens (tertiary/aromatic N) is 3. The van der Waals surface area contributed by atoms with Crippen LogP contribution in [0.4, 0.5) is 0 Å². The maximum atomic E-state index is 11.5. The molecule has 5 nitrogen and oxygen atoms in total. The van der Waals surface area contributed by atoms with Crippen LogP contribution in [0.5, 0.6) is 0 Å². The fourth-order valence-corrected chi connectivity index (χ4v) is 1.83. The largest absolute Gasteiger partial charge is 0.465 e. The first kappa shape index (κ1) is 15.1. The van der Waals surface area contributed by atoms with Crippen LogP contribution in [0.1, 0.15) is 31.5 Å². The van der Waals surface area contributed by atoms with Gasteiger partial charge in [-0.1, -0.05) is 13.0 Å². The van der Waals surface area contributed by atoms with Gasteiger partial charge in [0.1, 0.15) is 11.8 Å². The molecule has 5 heteroatoms. The summed E-state index contributed by atoms with van der Waals surface area (Å²) in [6.07, 6.45) is 2.53. The van der Waals surface area contributed by atoms with E-state index in [1.165, 1.54) is 0 Å². The van der Waals surface area contributed by atoms with Gasteiger partial charge in [-0.2, -0.15) is 5.26 Å². The molecule has 0 saturated heterocycles. The molecule has 0 spiro atoms. The summed E-state index contributed by atoms with van der Waals surface area (Å²) < 4.78 is 4.95. The third kappa shape index (κ3) is 5.06. The molecular weight excluding hydrogens is 242 g/mol. The summed E-state index contributed by atoms with van der Waals surface area (Å²) >= 11 is 0. The number of ether oxygens (including phenoxy) is 1. The van der Waals surface area contributed by atoms with Gasteiger partial charge in [0, 0.05) is 18.3 Å². The van der Waals surface area contributed by atoms with Crippen LogP contribution >= 0.6 is 0 Å². The number of rotatable bonds is 7. The first-order valence-corrected chi connectivity index (χ1v) is 6.43. The van der Waals surface area contributed by atoms with Gasteiger partial charge in [0.25, 0.3) is 0 Å². The summed E-state index contributed by atoms with van der Waals surface area (Å²) in [6.45, 7) is 5.77. The molecule has 0 aromatic carbocycles. The molecule has 0 saturated carbocycles. The molecule has 0 atom stereocenters. The quantitative estimate of drug-likeness (QED) is 0.699. The molecule has 0 N–H and O–H groups in total. The van der Waals surface area contributed by atoms with E-state index in [0.29, 0.717) is 18.8 Å². The first-order chi connectivity index (χ1) is 9.21. The minimum atomic E-state index is -0.238. The predicted molar refractivity (Wildman–Crippen MR) is 71.2 cm³/mol. The first-order valence-electron chi connectivity index (χ1n) is 6.43. The maximum Gasteiger partial charge on any atom is 0.320 e. The Hall–Kier alpha value is -1.93. The van der Waals surface area contributed by atoms with Gasteiger partial charge in [-0.05, 0) is 26.0 Å². The topological polar surface area (TPSA) is 66.2 Å². The third-order valence-corrected chi connectivity index (χ3v) is 2.59. The number of aromatic nitrogens is 1. The van der Waals surface area contributed by atoms with E-state index in [0.717, 1.165) is 18.5 Å². The van der Waals surface area contributed by atoms with E-state index in [2.05, 4.69) is 11.1 Å². The van der Waals surface area contributed by atoms with Crippen molar-refractivity contribution >= 4 is 5.97 Å². The van der Waals surface area contributed by atoms with Crippen LogP contribution < -0.4 is 0 Å². The van der Waals surface area contributed by atoms with Gasteiger partial charge < -0.3 is 4.74 Å². The predicted octanol–water partition coefficient (Wildman–Crippen LogP) is 1.73. The van der Waals surface area contributed by atoms with Crippen LogP contribution in [-0.2, 0) is 16.1 Å². The average molecular weight is 261 g/mol. The summed E-state index contributed by atoms with van der Waals surface area (Å²) in [5.41, 5.74) is 1.25. The molecule has 1 aromatic rings. The summed E-state index contributed by atoms with van der Waals surface area (Å²) in [7, 11) is 0. The highest BCUT2D eigenvalue weighted by molar-refractivity contribution is 5.71. The summed E-state index contributed by atoms with van der Waals surface area (Å²) in [4.78, 5) is 17.5. The minimum absolute atomic E-state index is 0.238. The van der Waals surface area contributed by atoms with Crippen LogP contribution in [0.3, 0.4) is 0 Å². The smallest absolute Gasteiger partial charge is 0.320 e. The summed E-state index contributed by atoms with van der Waals surface area (Å²) in [5.74, 6) is -0.238. The van der Waals surface area contributed by atoms with Gasteiger partial charge in [0.15, 0.2) is 0 Å². The summed E-state index contributed by atoms with van der Waals surface area (Å²) in [6, 6.07) is 5.72. The molecule has 0 aliphatic carbocycles. The lowest BCUT2D eigenvalue weighted by Crippen LogP contribution is -2.31. The molecule has 19 heavy (non-hydrogen) atoms. The molecular formula is C14H19N3O2. The van der Waals surface area contributed by atoms with E-state index in [-0.39, 0.29) is 12.5 Å². The van der Waals surface area contributed by atoms with E-state index in [9.17, 15) is 4.79 Å².